The third-order valence-electron chi connectivity index (χ3n) is 6.70. The molecule has 3 aromatic rings. The summed E-state index contributed by atoms with van der Waals surface area (Å²) in [6, 6.07) is 8.04. The van der Waals surface area contributed by atoms with Gasteiger partial charge in [-0.2, -0.15) is 0 Å². The van der Waals surface area contributed by atoms with E-state index < -0.39 is 0 Å². The number of nitrogens with zero attached hydrogens (tertiary/aromatic N) is 4. The van der Waals surface area contributed by atoms with Gasteiger partial charge in [-0.3, -0.25) is 4.79 Å². The molecular weight excluding hydrogens is 434 g/mol. The number of hydrogen-bond donors (Lipinski definition) is 1. The molecule has 0 bridgehead atoms. The molecule has 0 saturated carbocycles. The van der Waals surface area contributed by atoms with Crippen LogP contribution in [0, 0.1) is 19.8 Å². The molecule has 0 aliphatic carbocycles. The van der Waals surface area contributed by atoms with Crippen molar-refractivity contribution in [1.82, 2.24) is 20.2 Å². The topological polar surface area (TPSA) is 70.6 Å². The molecule has 1 atom stereocenters. The van der Waals surface area contributed by atoms with E-state index in [-0.39, 0.29) is 17.9 Å². The van der Waals surface area contributed by atoms with Crippen LogP contribution in [0.1, 0.15) is 34.9 Å². The van der Waals surface area contributed by atoms with E-state index in [9.17, 15) is 4.79 Å². The fourth-order valence-electron chi connectivity index (χ4n) is 4.61. The van der Waals surface area contributed by atoms with Crippen LogP contribution in [0.4, 0.5) is 5.82 Å². The highest BCUT2D eigenvalue weighted by molar-refractivity contribution is 7.18. The summed E-state index contributed by atoms with van der Waals surface area (Å²) in [4.78, 5) is 28.8. The smallest absolute Gasteiger partial charge is 0.223 e. The highest BCUT2D eigenvalue weighted by Gasteiger charge is 2.28. The second-order valence-electron chi connectivity index (χ2n) is 8.89. The largest absolute Gasteiger partial charge is 0.496 e. The van der Waals surface area contributed by atoms with Crippen molar-refractivity contribution in [2.45, 2.75) is 32.7 Å². The van der Waals surface area contributed by atoms with Crippen LogP contribution in [-0.2, 0) is 4.79 Å². The van der Waals surface area contributed by atoms with Crippen molar-refractivity contribution in [3.63, 3.8) is 0 Å². The SMILES string of the molecule is COc1ccccc1[C@H](CNC(=O)C1CCN(c2ncnc3sc(C)c(C)c23)CC1)N(C)C. The first kappa shape index (κ1) is 23.4. The van der Waals surface area contributed by atoms with E-state index in [0.29, 0.717) is 6.54 Å². The lowest BCUT2D eigenvalue weighted by molar-refractivity contribution is -0.125. The zero-order chi connectivity index (χ0) is 23.5. The summed E-state index contributed by atoms with van der Waals surface area (Å²) >= 11 is 1.72. The number of methoxy groups -OCH3 is 1. The first-order valence-corrected chi connectivity index (χ1v) is 12.2. The number of ether oxygens (including phenoxy) is 1. The summed E-state index contributed by atoms with van der Waals surface area (Å²) in [5.74, 6) is 1.99. The molecule has 3 heterocycles. The highest BCUT2D eigenvalue weighted by Crippen LogP contribution is 2.35. The number of hydrogen-bond acceptors (Lipinski definition) is 7. The fraction of sp³-hybridized carbons (Fsp3) is 0.480. The maximum absolute atomic E-state index is 13.0. The van der Waals surface area contributed by atoms with Gasteiger partial charge in [-0.05, 0) is 52.4 Å². The van der Waals surface area contributed by atoms with Gasteiger partial charge in [0.05, 0.1) is 18.5 Å². The lowest BCUT2D eigenvalue weighted by Crippen LogP contribution is -2.43. The maximum Gasteiger partial charge on any atom is 0.223 e. The number of anilines is 1. The Bertz CT molecular complexity index is 1120. The van der Waals surface area contributed by atoms with Gasteiger partial charge in [0.15, 0.2) is 0 Å². The second kappa shape index (κ2) is 10.1. The molecule has 1 amide bonds. The normalized spacial score (nSPS) is 15.8. The standard InChI is InChI=1S/C25H33N5O2S/c1-16-17(2)33-25-22(16)23(27-15-28-25)30-12-10-18(11-13-30)24(31)26-14-20(29(3)4)19-8-6-7-9-21(19)32-5/h6-9,15,18,20H,10-14H2,1-5H3,(H,26,31)/t20-/m0/s1. The number of benzene rings is 1. The van der Waals surface area contributed by atoms with Crippen LogP contribution in [0.5, 0.6) is 5.75 Å². The number of thiophene rings is 1. The molecule has 1 aliphatic heterocycles. The number of aromatic nitrogens is 2. The van der Waals surface area contributed by atoms with Crippen LogP contribution in [0.2, 0.25) is 0 Å². The average molecular weight is 468 g/mol. The molecule has 1 aromatic carbocycles. The molecule has 1 saturated heterocycles. The minimum absolute atomic E-state index is 0.0179. The van der Waals surface area contributed by atoms with E-state index in [1.54, 1.807) is 24.8 Å². The third kappa shape index (κ3) is 4.82. The molecule has 33 heavy (non-hydrogen) atoms. The van der Waals surface area contributed by atoms with Crippen molar-refractivity contribution < 1.29 is 9.53 Å². The summed E-state index contributed by atoms with van der Waals surface area (Å²) < 4.78 is 5.54. The number of carbonyl (C=O) groups is 1. The van der Waals surface area contributed by atoms with Gasteiger partial charge in [-0.25, -0.2) is 9.97 Å². The van der Waals surface area contributed by atoms with E-state index in [2.05, 4.69) is 45.0 Å². The van der Waals surface area contributed by atoms with E-state index in [1.165, 1.54) is 10.4 Å². The van der Waals surface area contributed by atoms with Gasteiger partial charge in [0.1, 0.15) is 22.7 Å². The molecule has 4 rings (SSSR count). The van der Waals surface area contributed by atoms with Gasteiger partial charge in [-0.15, -0.1) is 11.3 Å². The van der Waals surface area contributed by atoms with E-state index in [0.717, 1.165) is 53.3 Å². The molecule has 0 unspecified atom stereocenters. The Morgan fingerprint density at radius 1 is 1.24 bits per heavy atom. The number of aryl methyl sites for hydroxylation is 2. The van der Waals surface area contributed by atoms with Gasteiger partial charge in [-0.1, -0.05) is 18.2 Å². The molecule has 0 radical (unpaired) electrons. The van der Waals surface area contributed by atoms with Crippen LogP contribution >= 0.6 is 11.3 Å². The van der Waals surface area contributed by atoms with Crippen LogP contribution in [0.25, 0.3) is 10.2 Å². The monoisotopic (exact) mass is 467 g/mol. The Hall–Kier alpha value is -2.71. The summed E-state index contributed by atoms with van der Waals surface area (Å²) in [5, 5.41) is 4.36. The van der Waals surface area contributed by atoms with Gasteiger partial charge in [0, 0.05) is 36.0 Å². The first-order valence-electron chi connectivity index (χ1n) is 11.4. The predicted molar refractivity (Wildman–Crippen MR) is 134 cm³/mol. The maximum atomic E-state index is 13.0. The molecule has 176 valence electrons. The number of nitrogens with one attached hydrogen (secondary N) is 1. The number of amides is 1. The van der Waals surface area contributed by atoms with Crippen molar-refractivity contribution in [2.24, 2.45) is 5.92 Å². The van der Waals surface area contributed by atoms with Crippen LogP contribution < -0.4 is 15.0 Å². The predicted octanol–water partition coefficient (Wildman–Crippen LogP) is 3.95. The summed E-state index contributed by atoms with van der Waals surface area (Å²) in [5.41, 5.74) is 2.34. The molecule has 1 fully saturated rings. The summed E-state index contributed by atoms with van der Waals surface area (Å²) in [6.07, 6.45) is 3.30. The van der Waals surface area contributed by atoms with Gasteiger partial charge in [0.25, 0.3) is 0 Å². The Kier molecular flexibility index (Phi) is 7.14. The molecule has 1 aliphatic rings. The van der Waals surface area contributed by atoms with E-state index >= 15 is 0 Å². The van der Waals surface area contributed by atoms with E-state index in [1.807, 2.05) is 32.3 Å². The van der Waals surface area contributed by atoms with E-state index in [4.69, 9.17) is 4.74 Å². The van der Waals surface area contributed by atoms with Crippen LogP contribution in [0.15, 0.2) is 30.6 Å². The van der Waals surface area contributed by atoms with Crippen molar-refractivity contribution in [3.8, 4) is 5.75 Å². The minimum atomic E-state index is 0.0179. The Morgan fingerprint density at radius 3 is 2.67 bits per heavy atom. The number of carbonyl (C=O) groups excluding carboxylic acids is 1. The number of piperidine rings is 1. The second-order valence-corrected chi connectivity index (χ2v) is 10.1. The molecular formula is C25H33N5O2S. The molecule has 2 aromatic heterocycles. The van der Waals surface area contributed by atoms with Gasteiger partial charge in [0.2, 0.25) is 5.91 Å². The molecule has 0 spiro atoms. The van der Waals surface area contributed by atoms with Crippen molar-refractivity contribution in [2.75, 3.05) is 45.7 Å². The minimum Gasteiger partial charge on any atom is -0.496 e. The Morgan fingerprint density at radius 2 is 1.97 bits per heavy atom. The fourth-order valence-corrected chi connectivity index (χ4v) is 5.60. The number of likely N-dealkylation sites (N-methyl/N-ethyl adjacent to an activating group) is 1. The lowest BCUT2D eigenvalue weighted by atomic mass is 9.95. The summed E-state index contributed by atoms with van der Waals surface area (Å²) in [6.45, 7) is 6.47. The van der Waals surface area contributed by atoms with Crippen molar-refractivity contribution >= 4 is 33.3 Å². The average Bonchev–Trinajstić information content (AvgIpc) is 3.12. The molecule has 8 heteroatoms. The Labute approximate surface area is 199 Å². The third-order valence-corrected chi connectivity index (χ3v) is 7.82. The molecule has 7 nitrogen and oxygen atoms in total. The summed E-state index contributed by atoms with van der Waals surface area (Å²) in [7, 11) is 5.74. The van der Waals surface area contributed by atoms with Gasteiger partial charge < -0.3 is 19.9 Å². The Balaban J connectivity index is 1.39. The number of rotatable bonds is 7. The van der Waals surface area contributed by atoms with Crippen molar-refractivity contribution in [3.05, 3.63) is 46.6 Å². The van der Waals surface area contributed by atoms with Crippen molar-refractivity contribution in [1.29, 1.82) is 0 Å². The number of para-hydroxylation sites is 1. The zero-order valence-electron chi connectivity index (χ0n) is 20.1. The van der Waals surface area contributed by atoms with Crippen LogP contribution in [-0.4, -0.2) is 61.6 Å². The van der Waals surface area contributed by atoms with Gasteiger partial charge >= 0.3 is 0 Å². The number of fused-ring (bicyclic) bond motifs is 1. The first-order chi connectivity index (χ1) is 15.9. The lowest BCUT2D eigenvalue weighted by Gasteiger charge is -2.33. The highest BCUT2D eigenvalue weighted by atomic mass is 32.1. The quantitative estimate of drug-likeness (QED) is 0.567. The zero-order valence-corrected chi connectivity index (χ0v) is 20.9. The van der Waals surface area contributed by atoms with Crippen LogP contribution in [0.3, 0.4) is 0 Å². The molecule has 1 N–H and O–H groups in total.